The molecule has 1 aromatic rings. The SMILES string of the molecule is CC1(C)COCC(C)(c2ccccc2)N1[O]. The van der Waals surface area contributed by atoms with Crippen molar-refractivity contribution in [2.75, 3.05) is 13.2 Å². The average Bonchev–Trinajstić information content (AvgIpc) is 2.27. The number of nitrogens with zero attached hydrogens (tertiary/aromatic N) is 1. The topological polar surface area (TPSA) is 32.4 Å². The monoisotopic (exact) mass is 220 g/mol. The molecule has 3 heteroatoms. The van der Waals surface area contributed by atoms with Gasteiger partial charge < -0.3 is 4.74 Å². The van der Waals surface area contributed by atoms with Crippen molar-refractivity contribution in [2.24, 2.45) is 0 Å². The zero-order valence-electron chi connectivity index (χ0n) is 10.1. The van der Waals surface area contributed by atoms with Crippen LogP contribution in [0.5, 0.6) is 0 Å². The number of hydroxylamine groups is 2. The second-order valence-corrected chi connectivity index (χ2v) is 5.24. The summed E-state index contributed by atoms with van der Waals surface area (Å²) in [5.74, 6) is 0. The number of hydrogen-bond donors (Lipinski definition) is 0. The van der Waals surface area contributed by atoms with Gasteiger partial charge >= 0.3 is 0 Å². The molecule has 0 bridgehead atoms. The Morgan fingerprint density at radius 1 is 1.12 bits per heavy atom. The van der Waals surface area contributed by atoms with Crippen molar-refractivity contribution in [3.63, 3.8) is 0 Å². The highest BCUT2D eigenvalue weighted by atomic mass is 16.5. The number of benzene rings is 1. The first-order valence-electron chi connectivity index (χ1n) is 5.57. The molecule has 1 aromatic carbocycles. The zero-order chi connectivity index (χ0) is 11.8. The average molecular weight is 220 g/mol. The molecule has 1 aliphatic rings. The first-order chi connectivity index (χ1) is 7.47. The van der Waals surface area contributed by atoms with Crippen LogP contribution in [-0.4, -0.2) is 23.8 Å². The Balaban J connectivity index is 2.38. The van der Waals surface area contributed by atoms with E-state index in [1.54, 1.807) is 0 Å². The van der Waals surface area contributed by atoms with Gasteiger partial charge in [0, 0.05) is 0 Å². The number of hydrogen-bond acceptors (Lipinski definition) is 2. The van der Waals surface area contributed by atoms with E-state index in [0.717, 1.165) is 5.56 Å². The van der Waals surface area contributed by atoms with E-state index in [4.69, 9.17) is 4.74 Å². The van der Waals surface area contributed by atoms with E-state index in [9.17, 15) is 5.21 Å². The fraction of sp³-hybridized carbons (Fsp3) is 0.538. The summed E-state index contributed by atoms with van der Waals surface area (Å²) in [6.07, 6.45) is 0. The molecule has 0 saturated carbocycles. The normalized spacial score (nSPS) is 30.2. The molecule has 1 aliphatic heterocycles. The van der Waals surface area contributed by atoms with E-state index >= 15 is 0 Å². The van der Waals surface area contributed by atoms with E-state index in [2.05, 4.69) is 0 Å². The van der Waals surface area contributed by atoms with Crippen LogP contribution in [0.15, 0.2) is 30.3 Å². The van der Waals surface area contributed by atoms with Crippen LogP contribution in [0.25, 0.3) is 0 Å². The highest BCUT2D eigenvalue weighted by Gasteiger charge is 2.47. The van der Waals surface area contributed by atoms with Gasteiger partial charge in [0.15, 0.2) is 0 Å². The molecule has 0 N–H and O–H groups in total. The molecule has 0 aliphatic carbocycles. The summed E-state index contributed by atoms with van der Waals surface area (Å²) in [5.41, 5.74) is -0.0379. The standard InChI is InChI=1S/C13H18NO2/c1-12(2)9-16-10-13(3,14(12)15)11-7-5-4-6-8-11/h4-8H,9-10H2,1-3H3. The van der Waals surface area contributed by atoms with Crippen LogP contribution < -0.4 is 0 Å². The van der Waals surface area contributed by atoms with E-state index in [1.165, 1.54) is 5.06 Å². The van der Waals surface area contributed by atoms with Gasteiger partial charge in [-0.1, -0.05) is 30.3 Å². The van der Waals surface area contributed by atoms with Crippen molar-refractivity contribution in [3.8, 4) is 0 Å². The summed E-state index contributed by atoms with van der Waals surface area (Å²) in [6, 6.07) is 9.83. The second-order valence-electron chi connectivity index (χ2n) is 5.24. The van der Waals surface area contributed by atoms with Crippen molar-refractivity contribution in [2.45, 2.75) is 31.8 Å². The fourth-order valence-electron chi connectivity index (χ4n) is 2.28. The Kier molecular flexibility index (Phi) is 2.78. The van der Waals surface area contributed by atoms with E-state index in [-0.39, 0.29) is 0 Å². The van der Waals surface area contributed by atoms with Crippen LogP contribution in [0.4, 0.5) is 0 Å². The summed E-state index contributed by atoms with van der Waals surface area (Å²) >= 11 is 0. The van der Waals surface area contributed by atoms with Crippen molar-refractivity contribution < 1.29 is 9.94 Å². The molecule has 3 nitrogen and oxygen atoms in total. The van der Waals surface area contributed by atoms with Gasteiger partial charge in [0.05, 0.1) is 24.3 Å². The van der Waals surface area contributed by atoms with Crippen LogP contribution in [0.1, 0.15) is 26.3 Å². The Morgan fingerprint density at radius 2 is 1.75 bits per heavy atom. The smallest absolute Gasteiger partial charge is 0.0953 e. The first kappa shape index (κ1) is 11.6. The highest BCUT2D eigenvalue weighted by molar-refractivity contribution is 5.24. The first-order valence-corrected chi connectivity index (χ1v) is 5.57. The molecule has 1 fully saturated rings. The van der Waals surface area contributed by atoms with Gasteiger partial charge in [0.25, 0.3) is 0 Å². The Morgan fingerprint density at radius 3 is 2.38 bits per heavy atom. The van der Waals surface area contributed by atoms with Crippen molar-refractivity contribution in [1.82, 2.24) is 5.06 Å². The molecule has 1 unspecified atom stereocenters. The molecule has 87 valence electrons. The number of ether oxygens (including phenoxy) is 1. The van der Waals surface area contributed by atoms with Gasteiger partial charge in [-0.3, -0.25) is 0 Å². The van der Waals surface area contributed by atoms with Crippen LogP contribution in [0.3, 0.4) is 0 Å². The molecule has 16 heavy (non-hydrogen) atoms. The lowest BCUT2D eigenvalue weighted by atomic mass is 9.87. The predicted octanol–water partition coefficient (Wildman–Crippen LogP) is 2.36. The Labute approximate surface area is 96.6 Å². The zero-order valence-corrected chi connectivity index (χ0v) is 10.1. The van der Waals surface area contributed by atoms with Gasteiger partial charge in [0.2, 0.25) is 0 Å². The lowest BCUT2D eigenvalue weighted by molar-refractivity contribution is -0.324. The molecule has 1 saturated heterocycles. The van der Waals surface area contributed by atoms with E-state index in [1.807, 2.05) is 51.1 Å². The largest absolute Gasteiger partial charge is 0.377 e. The maximum Gasteiger partial charge on any atom is 0.0953 e. The van der Waals surface area contributed by atoms with Crippen LogP contribution in [0.2, 0.25) is 0 Å². The van der Waals surface area contributed by atoms with Crippen molar-refractivity contribution in [1.29, 1.82) is 0 Å². The third-order valence-electron chi connectivity index (χ3n) is 3.23. The lowest BCUT2D eigenvalue weighted by Gasteiger charge is -2.48. The fourth-order valence-corrected chi connectivity index (χ4v) is 2.28. The minimum absolute atomic E-state index is 0.448. The summed E-state index contributed by atoms with van der Waals surface area (Å²) < 4.78 is 5.58. The molecular weight excluding hydrogens is 202 g/mol. The van der Waals surface area contributed by atoms with Gasteiger partial charge in [-0.25, -0.2) is 0 Å². The number of morpholine rings is 1. The summed E-state index contributed by atoms with van der Waals surface area (Å²) in [6.45, 7) is 6.71. The quantitative estimate of drug-likeness (QED) is 0.727. The van der Waals surface area contributed by atoms with Crippen LogP contribution >= 0.6 is 0 Å². The minimum Gasteiger partial charge on any atom is -0.377 e. The van der Waals surface area contributed by atoms with Gasteiger partial charge in [-0.05, 0) is 26.3 Å². The molecule has 2 rings (SSSR count). The molecule has 1 heterocycles. The van der Waals surface area contributed by atoms with Gasteiger partial charge in [0.1, 0.15) is 0 Å². The van der Waals surface area contributed by atoms with Gasteiger partial charge in [-0.2, -0.15) is 0 Å². The van der Waals surface area contributed by atoms with Crippen LogP contribution in [0, 0.1) is 0 Å². The summed E-state index contributed by atoms with van der Waals surface area (Å²) in [5, 5.41) is 13.6. The third kappa shape index (κ3) is 1.75. The molecule has 0 amide bonds. The maximum absolute atomic E-state index is 12.4. The predicted molar refractivity (Wildman–Crippen MR) is 61.2 cm³/mol. The van der Waals surface area contributed by atoms with Gasteiger partial charge in [-0.15, -0.1) is 10.3 Å². The third-order valence-corrected chi connectivity index (χ3v) is 3.23. The molecule has 1 atom stereocenters. The molecule has 1 radical (unpaired) electrons. The Hall–Kier alpha value is -0.900. The molecular formula is C13H18NO2. The molecule has 0 spiro atoms. The van der Waals surface area contributed by atoms with E-state index < -0.39 is 11.1 Å². The second kappa shape index (κ2) is 3.84. The highest BCUT2D eigenvalue weighted by Crippen LogP contribution is 2.36. The Bertz CT molecular complexity index is 363. The maximum atomic E-state index is 12.4. The van der Waals surface area contributed by atoms with Crippen LogP contribution in [-0.2, 0) is 15.5 Å². The summed E-state index contributed by atoms with van der Waals surface area (Å²) in [7, 11) is 0. The number of rotatable bonds is 1. The molecule has 0 aromatic heterocycles. The van der Waals surface area contributed by atoms with Crippen molar-refractivity contribution >= 4 is 0 Å². The lowest BCUT2D eigenvalue weighted by Crippen LogP contribution is -2.60. The summed E-state index contributed by atoms with van der Waals surface area (Å²) in [4.78, 5) is 0. The minimum atomic E-state index is -0.580. The van der Waals surface area contributed by atoms with E-state index in [0.29, 0.717) is 13.2 Å². The van der Waals surface area contributed by atoms with Crippen molar-refractivity contribution in [3.05, 3.63) is 35.9 Å².